The largest absolute Gasteiger partial charge is 0.395 e. The number of rotatable bonds is 6. The molecule has 0 bridgehead atoms. The lowest BCUT2D eigenvalue weighted by atomic mass is 10.0. The van der Waals surface area contributed by atoms with Gasteiger partial charge in [0, 0.05) is 30.6 Å². The van der Waals surface area contributed by atoms with Crippen molar-refractivity contribution in [2.24, 2.45) is 0 Å². The van der Waals surface area contributed by atoms with Crippen molar-refractivity contribution < 1.29 is 24.4 Å². The molecule has 1 fully saturated rings. The monoisotopic (exact) mass is 896 g/mol. The highest BCUT2D eigenvalue weighted by molar-refractivity contribution is 9.11. The van der Waals surface area contributed by atoms with E-state index in [9.17, 15) is 0 Å². The van der Waals surface area contributed by atoms with Crippen molar-refractivity contribution in [1.29, 1.82) is 0 Å². The summed E-state index contributed by atoms with van der Waals surface area (Å²) in [5.41, 5.74) is 7.43. The molecular formula is C45H49BrN6O5S2. The average Bonchev–Trinajstić information content (AvgIpc) is 4.04. The Kier molecular flexibility index (Phi) is 16.6. The first-order valence-electron chi connectivity index (χ1n) is 19.6. The van der Waals surface area contributed by atoms with Crippen LogP contribution in [0.5, 0.6) is 0 Å². The summed E-state index contributed by atoms with van der Waals surface area (Å²) in [7, 11) is 0. The molecule has 4 aromatic heterocycles. The Morgan fingerprint density at radius 1 is 0.763 bits per heavy atom. The summed E-state index contributed by atoms with van der Waals surface area (Å²) < 4.78 is 22.2. The molecule has 0 saturated carbocycles. The molecule has 0 amide bonds. The zero-order valence-corrected chi connectivity index (χ0v) is 36.8. The van der Waals surface area contributed by atoms with Crippen LogP contribution in [0.3, 0.4) is 0 Å². The fourth-order valence-electron chi connectivity index (χ4n) is 6.68. The number of aliphatic hydroxyl groups is 2. The summed E-state index contributed by atoms with van der Waals surface area (Å²) in [6.07, 6.45) is 10.4. The van der Waals surface area contributed by atoms with Crippen molar-refractivity contribution in [1.82, 2.24) is 29.5 Å². The lowest BCUT2D eigenvalue weighted by Gasteiger charge is -2.06. The first kappa shape index (κ1) is 44.1. The van der Waals surface area contributed by atoms with Gasteiger partial charge in [-0.15, -0.1) is 55.4 Å². The van der Waals surface area contributed by atoms with E-state index in [-0.39, 0.29) is 13.2 Å². The second-order valence-electron chi connectivity index (χ2n) is 13.9. The van der Waals surface area contributed by atoms with Gasteiger partial charge in [0.25, 0.3) is 0 Å². The van der Waals surface area contributed by atoms with E-state index >= 15 is 0 Å². The molecule has 1 unspecified atom stereocenters. The van der Waals surface area contributed by atoms with Crippen LogP contribution >= 0.6 is 38.6 Å². The molecular weight excluding hydrogens is 849 g/mol. The molecule has 3 aliphatic rings. The van der Waals surface area contributed by atoms with Gasteiger partial charge < -0.3 is 24.4 Å². The third-order valence-corrected chi connectivity index (χ3v) is 12.8. The van der Waals surface area contributed by atoms with Crippen molar-refractivity contribution in [3.63, 3.8) is 0 Å². The van der Waals surface area contributed by atoms with Gasteiger partial charge in [-0.1, -0.05) is 72.5 Å². The molecule has 7 heterocycles. The number of hydrogen-bond donors (Lipinski definition) is 2. The van der Waals surface area contributed by atoms with Gasteiger partial charge in [-0.3, -0.25) is 9.13 Å². The summed E-state index contributed by atoms with van der Waals surface area (Å²) in [4.78, 5) is 1.02. The Bertz CT molecular complexity index is 2370. The number of nitrogens with zero attached hydrogens (tertiary/aromatic N) is 6. The van der Waals surface area contributed by atoms with Gasteiger partial charge in [-0.25, -0.2) is 0 Å². The Morgan fingerprint density at radius 2 is 1.31 bits per heavy atom. The normalized spacial score (nSPS) is 14.7. The number of benzene rings is 2. The van der Waals surface area contributed by atoms with E-state index in [0.29, 0.717) is 45.4 Å². The summed E-state index contributed by atoms with van der Waals surface area (Å²) in [5.74, 6) is 12.0. The Labute approximate surface area is 362 Å². The van der Waals surface area contributed by atoms with Crippen LogP contribution in [0, 0.1) is 38.0 Å². The number of aromatic nitrogens is 6. The molecule has 3 aliphatic heterocycles. The molecule has 0 spiro atoms. The fourth-order valence-corrected chi connectivity index (χ4v) is 9.91. The number of terminal acetylenes is 1. The van der Waals surface area contributed by atoms with Crippen molar-refractivity contribution in [3.8, 4) is 34.2 Å². The zero-order chi connectivity index (χ0) is 41.6. The van der Waals surface area contributed by atoms with E-state index in [1.54, 1.807) is 22.7 Å². The summed E-state index contributed by atoms with van der Waals surface area (Å²) in [6, 6.07) is 20.9. The predicted molar refractivity (Wildman–Crippen MR) is 235 cm³/mol. The van der Waals surface area contributed by atoms with Crippen molar-refractivity contribution in [2.45, 2.75) is 91.8 Å². The van der Waals surface area contributed by atoms with Gasteiger partial charge in [0.05, 0.1) is 41.2 Å². The minimum absolute atomic E-state index is 0.0733. The molecule has 9 rings (SSSR count). The third kappa shape index (κ3) is 11.4. The molecule has 0 aliphatic carbocycles. The van der Waals surface area contributed by atoms with Crippen LogP contribution < -0.4 is 0 Å². The third-order valence-electron chi connectivity index (χ3n) is 9.59. The minimum Gasteiger partial charge on any atom is -0.395 e. The standard InChI is InChI=1S/C20H19N3O2S.C16H14BrN3OS.C5H10O.C4H6O/c1-14-21-22-19-13-25-12-17-16(11-15-7-3-2-4-8-15)18(9-5-6-10-24)26-20(17)23(14)19;1-10-18-19-14-9-21-8-13-12(7-11-5-3-2-4-6-11)15(17)22-16(13)20(10)14;1-5-3-2-4-6-5;1-2-3-4-5/h2-4,7-8,24H,6,10-13H2,1H3;2-6H,7-9H2,1H3;5H,2-4H2,1H3;1,5H,3-4H2. The topological polar surface area (TPSA) is 130 Å². The first-order valence-corrected chi connectivity index (χ1v) is 22.0. The van der Waals surface area contributed by atoms with E-state index in [4.69, 9.17) is 30.8 Å². The Morgan fingerprint density at radius 3 is 1.78 bits per heavy atom. The molecule has 14 heteroatoms. The lowest BCUT2D eigenvalue weighted by Crippen LogP contribution is -2.00. The molecule has 59 heavy (non-hydrogen) atoms. The van der Waals surface area contributed by atoms with E-state index in [1.807, 2.05) is 26.0 Å². The van der Waals surface area contributed by atoms with Gasteiger partial charge in [-0.05, 0) is 84.6 Å². The van der Waals surface area contributed by atoms with Crippen LogP contribution in [-0.2, 0) is 53.5 Å². The summed E-state index contributed by atoms with van der Waals surface area (Å²) >= 11 is 7.12. The molecule has 0 radical (unpaired) electrons. The maximum Gasteiger partial charge on any atom is 0.164 e. The Balaban J connectivity index is 0.000000159. The molecule has 1 atom stereocenters. The highest BCUT2D eigenvalue weighted by Crippen LogP contribution is 2.40. The lowest BCUT2D eigenvalue weighted by molar-refractivity contribution is 0.104. The van der Waals surface area contributed by atoms with Gasteiger partial charge in [0.15, 0.2) is 11.6 Å². The van der Waals surface area contributed by atoms with E-state index in [1.165, 1.54) is 45.7 Å². The smallest absolute Gasteiger partial charge is 0.164 e. The second-order valence-corrected chi connectivity index (χ2v) is 17.2. The summed E-state index contributed by atoms with van der Waals surface area (Å²) in [6.45, 7) is 9.34. The highest BCUT2D eigenvalue weighted by Gasteiger charge is 2.27. The number of fused-ring (bicyclic) bond motifs is 6. The van der Waals surface area contributed by atoms with Gasteiger partial charge >= 0.3 is 0 Å². The van der Waals surface area contributed by atoms with Crippen LogP contribution in [0.4, 0.5) is 0 Å². The SMILES string of the molecule is C#CCCO.CC1CCCO1.Cc1nnc2n1-c1sc(Br)c(Cc3ccccc3)c1COC2.Cc1nnc2n1-c1sc(C#CCCO)c(Cc3ccccc3)c1COC2. The van der Waals surface area contributed by atoms with E-state index in [0.717, 1.165) is 62.0 Å². The van der Waals surface area contributed by atoms with Gasteiger partial charge in [0.2, 0.25) is 0 Å². The average molecular weight is 898 g/mol. The number of thiophene rings is 2. The molecule has 2 aromatic carbocycles. The predicted octanol–water partition coefficient (Wildman–Crippen LogP) is 8.20. The van der Waals surface area contributed by atoms with Crippen LogP contribution in [0.15, 0.2) is 64.5 Å². The van der Waals surface area contributed by atoms with Crippen LogP contribution in [-0.4, -0.2) is 65.7 Å². The maximum absolute atomic E-state index is 9.05. The van der Waals surface area contributed by atoms with Crippen molar-refractivity contribution in [2.75, 3.05) is 19.8 Å². The molecule has 6 aromatic rings. The molecule has 2 N–H and O–H groups in total. The van der Waals surface area contributed by atoms with Crippen molar-refractivity contribution >= 4 is 38.6 Å². The zero-order valence-electron chi connectivity index (χ0n) is 33.6. The van der Waals surface area contributed by atoms with Crippen LogP contribution in [0.2, 0.25) is 0 Å². The number of aliphatic hydroxyl groups excluding tert-OH is 2. The summed E-state index contributed by atoms with van der Waals surface area (Å²) in [5, 5.41) is 36.1. The minimum atomic E-state index is 0.0733. The number of aryl methyl sites for hydroxylation is 2. The van der Waals surface area contributed by atoms with Crippen LogP contribution in [0.25, 0.3) is 10.0 Å². The Hall–Kier alpha value is -4.48. The van der Waals surface area contributed by atoms with Crippen LogP contribution in [0.1, 0.15) is 94.2 Å². The number of halogens is 1. The van der Waals surface area contributed by atoms with Crippen molar-refractivity contribution in [3.05, 3.63) is 126 Å². The molecule has 11 nitrogen and oxygen atoms in total. The van der Waals surface area contributed by atoms with Gasteiger partial charge in [0.1, 0.15) is 34.9 Å². The molecule has 1 saturated heterocycles. The highest BCUT2D eigenvalue weighted by atomic mass is 79.9. The van der Waals surface area contributed by atoms with E-state index in [2.05, 4.69) is 119 Å². The van der Waals surface area contributed by atoms with E-state index < -0.39 is 0 Å². The first-order chi connectivity index (χ1) is 28.8. The maximum atomic E-state index is 9.05. The number of ether oxygens (including phenoxy) is 3. The second kappa shape index (κ2) is 22.2. The molecule has 308 valence electrons. The van der Waals surface area contributed by atoms with Gasteiger partial charge in [-0.2, -0.15) is 0 Å². The number of hydrogen-bond acceptors (Lipinski definition) is 11. The quantitative estimate of drug-likeness (QED) is 0.159. The fraction of sp³-hybridized carbons (Fsp3) is 0.378.